The molecule has 0 radical (unpaired) electrons. The molecule has 0 aromatic rings. The Labute approximate surface area is 81.8 Å². The summed E-state index contributed by atoms with van der Waals surface area (Å²) in [6.45, 7) is 3.75. The molecule has 1 saturated heterocycles. The maximum absolute atomic E-state index is 12.7. The van der Waals surface area contributed by atoms with E-state index < -0.39 is 23.7 Å². The van der Waals surface area contributed by atoms with E-state index in [2.05, 4.69) is 5.32 Å². The monoisotopic (exact) mass is 207 g/mol. The van der Waals surface area contributed by atoms with Crippen LogP contribution in [0.25, 0.3) is 0 Å². The zero-order valence-corrected chi connectivity index (χ0v) is 8.35. The molecule has 1 rings (SSSR count). The molecule has 0 aromatic heterocycles. The summed E-state index contributed by atoms with van der Waals surface area (Å²) in [6.07, 6.45) is -2.51. The molecule has 1 N–H and O–H groups in total. The molecule has 0 amide bonds. The highest BCUT2D eigenvalue weighted by atomic mass is 19.3. The Balaban J connectivity index is 2.72. The van der Waals surface area contributed by atoms with E-state index in [0.29, 0.717) is 0 Å². The van der Waals surface area contributed by atoms with Gasteiger partial charge in [-0.3, -0.25) is 4.79 Å². The number of carbonyl (C=O) groups excluding carboxylic acids is 1. The van der Waals surface area contributed by atoms with Gasteiger partial charge in [-0.15, -0.1) is 0 Å². The van der Waals surface area contributed by atoms with Crippen molar-refractivity contribution in [2.24, 2.45) is 11.3 Å². The van der Waals surface area contributed by atoms with E-state index in [1.165, 1.54) is 6.92 Å². The first kappa shape index (κ1) is 11.4. The second kappa shape index (κ2) is 4.21. The zero-order chi connectivity index (χ0) is 10.8. The van der Waals surface area contributed by atoms with E-state index in [4.69, 9.17) is 4.74 Å². The summed E-state index contributed by atoms with van der Waals surface area (Å²) in [4.78, 5) is 11.4. The average Bonchev–Trinajstić information content (AvgIpc) is 2.49. The van der Waals surface area contributed by atoms with Gasteiger partial charge in [0, 0.05) is 13.1 Å². The van der Waals surface area contributed by atoms with Gasteiger partial charge >= 0.3 is 5.97 Å². The third-order valence-electron chi connectivity index (χ3n) is 2.72. The fourth-order valence-electron chi connectivity index (χ4n) is 1.67. The Kier molecular flexibility index (Phi) is 3.42. The standard InChI is InChI=1S/C9H15F2NO2/c1-3-14-7(13)6-4-12-5-9(6,2)8(10)11/h6,8,12H,3-5H2,1-2H3. The van der Waals surface area contributed by atoms with Crippen molar-refractivity contribution in [2.75, 3.05) is 19.7 Å². The number of nitrogens with one attached hydrogen (secondary N) is 1. The van der Waals surface area contributed by atoms with Crippen molar-refractivity contribution in [3.63, 3.8) is 0 Å². The van der Waals surface area contributed by atoms with Gasteiger partial charge in [-0.25, -0.2) is 8.78 Å². The Morgan fingerprint density at radius 3 is 2.86 bits per heavy atom. The van der Waals surface area contributed by atoms with Crippen LogP contribution < -0.4 is 5.32 Å². The van der Waals surface area contributed by atoms with Crippen LogP contribution in [0.2, 0.25) is 0 Å². The second-order valence-electron chi connectivity index (χ2n) is 3.74. The molecule has 1 aliphatic heterocycles. The van der Waals surface area contributed by atoms with Crippen LogP contribution in [0.4, 0.5) is 8.78 Å². The van der Waals surface area contributed by atoms with Gasteiger partial charge in [0.05, 0.1) is 17.9 Å². The van der Waals surface area contributed by atoms with Crippen LogP contribution in [0, 0.1) is 11.3 Å². The molecule has 1 heterocycles. The van der Waals surface area contributed by atoms with Gasteiger partial charge in [-0.2, -0.15) is 0 Å². The van der Waals surface area contributed by atoms with Gasteiger partial charge in [-0.05, 0) is 6.92 Å². The van der Waals surface area contributed by atoms with Crippen LogP contribution in [0.15, 0.2) is 0 Å². The highest BCUT2D eigenvalue weighted by Crippen LogP contribution is 2.37. The minimum absolute atomic E-state index is 0.161. The maximum Gasteiger partial charge on any atom is 0.311 e. The molecule has 2 unspecified atom stereocenters. The van der Waals surface area contributed by atoms with Gasteiger partial charge in [-0.1, -0.05) is 6.92 Å². The van der Waals surface area contributed by atoms with Gasteiger partial charge in [0.1, 0.15) is 0 Å². The molecule has 0 saturated carbocycles. The van der Waals surface area contributed by atoms with E-state index in [1.807, 2.05) is 0 Å². The Bertz CT molecular complexity index is 223. The minimum Gasteiger partial charge on any atom is -0.466 e. The summed E-state index contributed by atoms with van der Waals surface area (Å²) in [7, 11) is 0. The van der Waals surface area contributed by atoms with Crippen LogP contribution in [0.3, 0.4) is 0 Å². The second-order valence-corrected chi connectivity index (χ2v) is 3.74. The predicted molar refractivity (Wildman–Crippen MR) is 47.1 cm³/mol. The molecule has 3 nitrogen and oxygen atoms in total. The molecule has 0 aliphatic carbocycles. The topological polar surface area (TPSA) is 38.3 Å². The van der Waals surface area contributed by atoms with Crippen molar-refractivity contribution >= 4 is 5.97 Å². The van der Waals surface area contributed by atoms with Crippen molar-refractivity contribution in [3.05, 3.63) is 0 Å². The van der Waals surface area contributed by atoms with E-state index in [0.717, 1.165) is 0 Å². The molecule has 0 spiro atoms. The number of ether oxygens (including phenoxy) is 1. The summed E-state index contributed by atoms with van der Waals surface area (Å²) in [6, 6.07) is 0. The smallest absolute Gasteiger partial charge is 0.311 e. The maximum atomic E-state index is 12.7. The van der Waals surface area contributed by atoms with Gasteiger partial charge in [0.25, 0.3) is 0 Å². The first-order valence-electron chi connectivity index (χ1n) is 4.68. The first-order chi connectivity index (χ1) is 6.52. The molecule has 2 atom stereocenters. The molecule has 82 valence electrons. The lowest BCUT2D eigenvalue weighted by Gasteiger charge is -2.27. The van der Waals surface area contributed by atoms with Crippen LogP contribution in [0.5, 0.6) is 0 Å². The lowest BCUT2D eigenvalue weighted by molar-refractivity contribution is -0.154. The lowest BCUT2D eigenvalue weighted by atomic mass is 9.80. The molecular formula is C9H15F2NO2. The normalized spacial score (nSPS) is 32.2. The molecule has 0 aromatic carbocycles. The fraction of sp³-hybridized carbons (Fsp3) is 0.889. The van der Waals surface area contributed by atoms with E-state index in [1.54, 1.807) is 6.92 Å². The number of hydrogen-bond donors (Lipinski definition) is 1. The quantitative estimate of drug-likeness (QED) is 0.703. The highest BCUT2D eigenvalue weighted by molar-refractivity contribution is 5.74. The average molecular weight is 207 g/mol. The largest absolute Gasteiger partial charge is 0.466 e. The Morgan fingerprint density at radius 2 is 2.36 bits per heavy atom. The number of halogens is 2. The van der Waals surface area contributed by atoms with Crippen molar-refractivity contribution in [1.29, 1.82) is 0 Å². The van der Waals surface area contributed by atoms with E-state index in [-0.39, 0.29) is 19.7 Å². The minimum atomic E-state index is -2.51. The Morgan fingerprint density at radius 1 is 1.71 bits per heavy atom. The number of rotatable bonds is 3. The third-order valence-corrected chi connectivity index (χ3v) is 2.72. The fourth-order valence-corrected chi connectivity index (χ4v) is 1.67. The Hall–Kier alpha value is -0.710. The summed E-state index contributed by atoms with van der Waals surface area (Å²) in [5.41, 5.74) is -1.29. The molecule has 5 heteroatoms. The molecule has 1 aliphatic rings. The van der Waals surface area contributed by atoms with Crippen molar-refractivity contribution < 1.29 is 18.3 Å². The molecule has 1 fully saturated rings. The number of esters is 1. The van der Waals surface area contributed by atoms with E-state index >= 15 is 0 Å². The predicted octanol–water partition coefficient (Wildman–Crippen LogP) is 1.04. The van der Waals surface area contributed by atoms with Crippen molar-refractivity contribution in [3.8, 4) is 0 Å². The molecular weight excluding hydrogens is 192 g/mol. The van der Waals surface area contributed by atoms with Gasteiger partial charge < -0.3 is 10.1 Å². The number of hydrogen-bond acceptors (Lipinski definition) is 3. The number of carbonyl (C=O) groups is 1. The molecule has 14 heavy (non-hydrogen) atoms. The summed E-state index contributed by atoms with van der Waals surface area (Å²) < 4.78 is 30.2. The summed E-state index contributed by atoms with van der Waals surface area (Å²) in [5.74, 6) is -1.26. The zero-order valence-electron chi connectivity index (χ0n) is 8.35. The first-order valence-corrected chi connectivity index (χ1v) is 4.68. The highest BCUT2D eigenvalue weighted by Gasteiger charge is 2.50. The van der Waals surface area contributed by atoms with Gasteiger partial charge in [0.15, 0.2) is 0 Å². The van der Waals surface area contributed by atoms with Crippen molar-refractivity contribution in [1.82, 2.24) is 5.32 Å². The lowest BCUT2D eigenvalue weighted by Crippen LogP contribution is -2.39. The number of alkyl halides is 2. The van der Waals surface area contributed by atoms with Crippen molar-refractivity contribution in [2.45, 2.75) is 20.3 Å². The summed E-state index contributed by atoms with van der Waals surface area (Å²) in [5, 5.41) is 2.80. The molecule has 0 bridgehead atoms. The third kappa shape index (κ3) is 1.87. The van der Waals surface area contributed by atoms with Crippen LogP contribution >= 0.6 is 0 Å². The van der Waals surface area contributed by atoms with Crippen LogP contribution in [-0.2, 0) is 9.53 Å². The SMILES string of the molecule is CCOC(=O)C1CNCC1(C)C(F)F. The van der Waals surface area contributed by atoms with Crippen LogP contribution in [-0.4, -0.2) is 32.1 Å². The van der Waals surface area contributed by atoms with E-state index in [9.17, 15) is 13.6 Å². The van der Waals surface area contributed by atoms with Gasteiger partial charge in [0.2, 0.25) is 6.43 Å². The summed E-state index contributed by atoms with van der Waals surface area (Å²) >= 11 is 0. The van der Waals surface area contributed by atoms with Crippen LogP contribution in [0.1, 0.15) is 13.8 Å².